The average Bonchev–Trinajstić information content (AvgIpc) is 2.77. The van der Waals surface area contributed by atoms with Crippen LogP contribution in [0.15, 0.2) is 0 Å². The van der Waals surface area contributed by atoms with Crippen molar-refractivity contribution in [3.05, 3.63) is 20.9 Å². The largest absolute Gasteiger partial charge is 0.490 e. The summed E-state index contributed by atoms with van der Waals surface area (Å²) in [7, 11) is 0. The van der Waals surface area contributed by atoms with Crippen molar-refractivity contribution in [2.45, 2.75) is 31.9 Å². The Morgan fingerprint density at radius 2 is 1.55 bits per heavy atom. The third-order valence-corrected chi connectivity index (χ3v) is 4.19. The summed E-state index contributed by atoms with van der Waals surface area (Å²) in [6, 6.07) is 0. The van der Waals surface area contributed by atoms with E-state index in [4.69, 9.17) is 21.4 Å². The van der Waals surface area contributed by atoms with Gasteiger partial charge in [-0.15, -0.1) is 11.3 Å². The minimum atomic E-state index is -5.08. The minimum Gasteiger partial charge on any atom is -0.475 e. The summed E-state index contributed by atoms with van der Waals surface area (Å²) in [4.78, 5) is 32.8. The third-order valence-electron chi connectivity index (χ3n) is 2.88. The van der Waals surface area contributed by atoms with E-state index in [-0.39, 0.29) is 0 Å². The molecule has 0 radical (unpaired) electrons. The summed E-state index contributed by atoms with van der Waals surface area (Å²) in [6.07, 6.45) is -1.18. The molecule has 10 heteroatoms. The summed E-state index contributed by atoms with van der Waals surface area (Å²) >= 11 is 1.32. The van der Waals surface area contributed by atoms with E-state index < -0.39 is 24.0 Å². The van der Waals surface area contributed by atoms with Crippen LogP contribution in [0.3, 0.4) is 0 Å². The first-order valence-corrected chi connectivity index (χ1v) is 6.91. The first-order chi connectivity index (χ1) is 10.1. The van der Waals surface area contributed by atoms with Crippen LogP contribution in [0, 0.1) is 0 Å². The number of alkyl halides is 3. The second-order valence-electron chi connectivity index (χ2n) is 4.45. The van der Waals surface area contributed by atoms with E-state index in [1.807, 2.05) is 0 Å². The Hall–Kier alpha value is -2.10. The Balaban J connectivity index is 0.000000295. The van der Waals surface area contributed by atoms with Gasteiger partial charge >= 0.3 is 12.1 Å². The molecule has 1 aromatic rings. The zero-order chi connectivity index (χ0) is 17.1. The van der Waals surface area contributed by atoms with Crippen LogP contribution in [0.2, 0.25) is 0 Å². The summed E-state index contributed by atoms with van der Waals surface area (Å²) in [5.74, 6) is -3.85. The Morgan fingerprint density at radius 3 is 1.95 bits per heavy atom. The predicted octanol–water partition coefficient (Wildman–Crippen LogP) is 1.46. The van der Waals surface area contributed by atoms with E-state index in [1.165, 1.54) is 11.3 Å². The molecule has 1 aromatic heterocycles. The van der Waals surface area contributed by atoms with Gasteiger partial charge in [0.05, 0.1) is 5.56 Å². The van der Waals surface area contributed by atoms with Crippen LogP contribution in [-0.2, 0) is 17.6 Å². The number of carbonyl (C=O) groups excluding carboxylic acids is 2. The average molecular weight is 338 g/mol. The van der Waals surface area contributed by atoms with Gasteiger partial charge in [0.15, 0.2) is 0 Å². The summed E-state index contributed by atoms with van der Waals surface area (Å²) < 4.78 is 31.7. The molecule has 0 aliphatic heterocycles. The van der Waals surface area contributed by atoms with Gasteiger partial charge < -0.3 is 16.6 Å². The zero-order valence-electron chi connectivity index (χ0n) is 11.2. The van der Waals surface area contributed by atoms with Gasteiger partial charge in [0, 0.05) is 4.88 Å². The molecule has 2 rings (SSSR count). The summed E-state index contributed by atoms with van der Waals surface area (Å²) in [5, 5.41) is 7.12. The molecule has 0 unspecified atom stereocenters. The topological polar surface area (TPSA) is 123 Å². The Morgan fingerprint density at radius 1 is 1.05 bits per heavy atom. The van der Waals surface area contributed by atoms with E-state index in [0.29, 0.717) is 10.4 Å². The van der Waals surface area contributed by atoms with Crippen molar-refractivity contribution < 1.29 is 32.7 Å². The molecule has 1 aliphatic carbocycles. The first kappa shape index (κ1) is 18.0. The number of primary amides is 2. The lowest BCUT2D eigenvalue weighted by Gasteiger charge is -2.10. The van der Waals surface area contributed by atoms with Crippen molar-refractivity contribution in [3.8, 4) is 0 Å². The van der Waals surface area contributed by atoms with Gasteiger partial charge in [-0.05, 0) is 31.2 Å². The Kier molecular flexibility index (Phi) is 5.53. The zero-order valence-corrected chi connectivity index (χ0v) is 12.0. The molecule has 122 valence electrons. The molecule has 0 bridgehead atoms. The standard InChI is InChI=1S/C10H12N2O2S.C2HF3O2/c11-9(13)7-5-3-1-2-4-6(5)15-8(7)10(12)14;3-2(4,5)1(6)7/h1-4H2,(H2,11,13)(H2,12,14);(H,6,7). The van der Waals surface area contributed by atoms with E-state index >= 15 is 0 Å². The molecule has 1 heterocycles. The second kappa shape index (κ2) is 6.77. The number of hydrogen-bond donors (Lipinski definition) is 3. The van der Waals surface area contributed by atoms with Crippen molar-refractivity contribution in [1.82, 2.24) is 0 Å². The molecular weight excluding hydrogens is 325 g/mol. The fraction of sp³-hybridized carbons (Fsp3) is 0.417. The van der Waals surface area contributed by atoms with E-state index in [2.05, 4.69) is 0 Å². The lowest BCUT2D eigenvalue weighted by atomic mass is 9.94. The lowest BCUT2D eigenvalue weighted by molar-refractivity contribution is -0.192. The SMILES string of the molecule is NC(=O)c1sc2c(c1C(N)=O)CCCC2.O=C(O)C(F)(F)F. The number of halogens is 3. The first-order valence-electron chi connectivity index (χ1n) is 6.10. The number of amides is 2. The minimum absolute atomic E-state index is 0.328. The number of carboxylic acid groups (broad SMARTS) is 1. The molecule has 0 aromatic carbocycles. The smallest absolute Gasteiger partial charge is 0.475 e. The quantitative estimate of drug-likeness (QED) is 0.755. The van der Waals surface area contributed by atoms with Crippen LogP contribution < -0.4 is 11.5 Å². The number of thiophene rings is 1. The number of rotatable bonds is 2. The number of carboxylic acids is 1. The van der Waals surface area contributed by atoms with Crippen molar-refractivity contribution >= 4 is 29.1 Å². The lowest BCUT2D eigenvalue weighted by Crippen LogP contribution is -2.21. The van der Waals surface area contributed by atoms with Crippen molar-refractivity contribution in [2.24, 2.45) is 11.5 Å². The van der Waals surface area contributed by atoms with E-state index in [0.717, 1.165) is 36.1 Å². The molecule has 0 fully saturated rings. The number of nitrogens with two attached hydrogens (primary N) is 2. The summed E-state index contributed by atoms with van der Waals surface area (Å²) in [6.45, 7) is 0. The van der Waals surface area contributed by atoms with Crippen LogP contribution in [-0.4, -0.2) is 29.1 Å². The number of fused-ring (bicyclic) bond motifs is 1. The van der Waals surface area contributed by atoms with Crippen molar-refractivity contribution in [3.63, 3.8) is 0 Å². The van der Waals surface area contributed by atoms with Gasteiger partial charge in [-0.25, -0.2) is 4.79 Å². The highest BCUT2D eigenvalue weighted by Gasteiger charge is 2.38. The predicted molar refractivity (Wildman–Crippen MR) is 71.7 cm³/mol. The number of hydrogen-bond acceptors (Lipinski definition) is 4. The highest BCUT2D eigenvalue weighted by atomic mass is 32.1. The highest BCUT2D eigenvalue weighted by molar-refractivity contribution is 7.14. The fourth-order valence-electron chi connectivity index (χ4n) is 2.00. The van der Waals surface area contributed by atoms with Gasteiger partial charge in [0.25, 0.3) is 11.8 Å². The monoisotopic (exact) mass is 338 g/mol. The van der Waals surface area contributed by atoms with Crippen LogP contribution in [0.1, 0.15) is 43.3 Å². The van der Waals surface area contributed by atoms with E-state index in [1.54, 1.807) is 0 Å². The molecule has 22 heavy (non-hydrogen) atoms. The third kappa shape index (κ3) is 4.20. The maximum atomic E-state index is 11.3. The molecule has 2 amide bonds. The molecule has 1 aliphatic rings. The number of aliphatic carboxylic acids is 1. The van der Waals surface area contributed by atoms with Crippen LogP contribution >= 0.6 is 11.3 Å². The van der Waals surface area contributed by atoms with Gasteiger partial charge in [-0.2, -0.15) is 13.2 Å². The molecule has 6 nitrogen and oxygen atoms in total. The Bertz CT molecular complexity index is 610. The Labute approximate surface area is 126 Å². The molecule has 0 saturated heterocycles. The molecular formula is C12H13F3N2O4S. The maximum Gasteiger partial charge on any atom is 0.490 e. The van der Waals surface area contributed by atoms with Crippen LogP contribution in [0.4, 0.5) is 13.2 Å². The van der Waals surface area contributed by atoms with Gasteiger partial charge in [-0.3, -0.25) is 9.59 Å². The highest BCUT2D eigenvalue weighted by Crippen LogP contribution is 2.33. The molecule has 0 atom stereocenters. The number of carbonyl (C=O) groups is 3. The van der Waals surface area contributed by atoms with Crippen molar-refractivity contribution in [1.29, 1.82) is 0 Å². The normalized spacial score (nSPS) is 13.6. The second-order valence-corrected chi connectivity index (χ2v) is 5.55. The van der Waals surface area contributed by atoms with Crippen LogP contribution in [0.25, 0.3) is 0 Å². The molecule has 0 spiro atoms. The van der Waals surface area contributed by atoms with Crippen LogP contribution in [0.5, 0.6) is 0 Å². The molecule has 0 saturated carbocycles. The fourth-order valence-corrected chi connectivity index (χ4v) is 3.25. The van der Waals surface area contributed by atoms with Crippen molar-refractivity contribution in [2.75, 3.05) is 0 Å². The maximum absolute atomic E-state index is 11.3. The van der Waals surface area contributed by atoms with E-state index in [9.17, 15) is 22.8 Å². The van der Waals surface area contributed by atoms with Gasteiger partial charge in [0.2, 0.25) is 0 Å². The van der Waals surface area contributed by atoms with Gasteiger partial charge in [-0.1, -0.05) is 0 Å². The molecule has 5 N–H and O–H groups in total. The summed E-state index contributed by atoms with van der Waals surface area (Å²) in [5.41, 5.74) is 11.8. The number of aryl methyl sites for hydroxylation is 1. The van der Waals surface area contributed by atoms with Gasteiger partial charge in [0.1, 0.15) is 4.88 Å².